The Balaban J connectivity index is 2.32. The van der Waals surface area contributed by atoms with Gasteiger partial charge >= 0.3 is 0 Å². The monoisotopic (exact) mass is 298 g/mol. The number of aromatic amines is 1. The fourth-order valence-corrected chi connectivity index (χ4v) is 4.26. The first kappa shape index (κ1) is 15.2. The summed E-state index contributed by atoms with van der Waals surface area (Å²) in [5.74, 6) is 0. The molecule has 1 fully saturated rings. The smallest absolute Gasteiger partial charge is 0.177 e. The van der Waals surface area contributed by atoms with Gasteiger partial charge in [0.05, 0.1) is 0 Å². The van der Waals surface area contributed by atoms with Crippen molar-refractivity contribution < 1.29 is 0 Å². The van der Waals surface area contributed by atoms with Crippen LogP contribution in [0.3, 0.4) is 0 Å². The maximum absolute atomic E-state index is 5.51. The summed E-state index contributed by atoms with van der Waals surface area (Å²) in [6.07, 6.45) is 11.1. The fraction of sp³-hybridized carbons (Fsp3) is 0.800. The lowest BCUT2D eigenvalue weighted by Crippen LogP contribution is -2.34. The number of nitrogens with zero attached hydrogens (tertiary/aromatic N) is 1. The summed E-state index contributed by atoms with van der Waals surface area (Å²) in [7, 11) is 0. The molecule has 1 N–H and O–H groups in total. The molecule has 0 aliphatic heterocycles. The van der Waals surface area contributed by atoms with Gasteiger partial charge in [0.15, 0.2) is 4.77 Å². The van der Waals surface area contributed by atoms with Crippen molar-refractivity contribution in [3.05, 3.63) is 16.7 Å². The van der Waals surface area contributed by atoms with Crippen LogP contribution >= 0.6 is 24.0 Å². The van der Waals surface area contributed by atoms with Gasteiger partial charge in [0.25, 0.3) is 0 Å². The minimum atomic E-state index is 0.141. The molecule has 1 aromatic heterocycles. The van der Waals surface area contributed by atoms with Crippen molar-refractivity contribution in [2.75, 3.05) is 6.26 Å². The van der Waals surface area contributed by atoms with Gasteiger partial charge in [-0.2, -0.15) is 11.8 Å². The highest BCUT2D eigenvalue weighted by molar-refractivity contribution is 8.00. The summed E-state index contributed by atoms with van der Waals surface area (Å²) >= 11 is 7.54. The van der Waals surface area contributed by atoms with Gasteiger partial charge in [0.2, 0.25) is 0 Å². The van der Waals surface area contributed by atoms with Crippen LogP contribution in [0.5, 0.6) is 0 Å². The van der Waals surface area contributed by atoms with Crippen molar-refractivity contribution in [3.8, 4) is 0 Å². The minimum absolute atomic E-state index is 0.141. The van der Waals surface area contributed by atoms with E-state index in [4.69, 9.17) is 12.2 Å². The third-order valence-corrected chi connectivity index (χ3v) is 6.02. The Morgan fingerprint density at radius 3 is 2.47 bits per heavy atom. The number of thioether (sulfide) groups is 1. The van der Waals surface area contributed by atoms with E-state index in [1.807, 2.05) is 11.8 Å². The van der Waals surface area contributed by atoms with E-state index in [2.05, 4.69) is 42.8 Å². The Hall–Kier alpha value is -0.220. The van der Waals surface area contributed by atoms with Crippen LogP contribution in [0.4, 0.5) is 0 Å². The van der Waals surface area contributed by atoms with E-state index in [1.54, 1.807) is 0 Å². The molecule has 0 bridgehead atoms. The van der Waals surface area contributed by atoms with Crippen LogP contribution in [0.15, 0.2) is 6.20 Å². The lowest BCUT2D eigenvalue weighted by Gasteiger charge is -2.37. The molecule has 0 spiro atoms. The molecular weight excluding hydrogens is 272 g/mol. The molecule has 0 radical (unpaired) electrons. The lowest BCUT2D eigenvalue weighted by atomic mass is 9.87. The molecule has 2 rings (SSSR count). The summed E-state index contributed by atoms with van der Waals surface area (Å²) in [5, 5.41) is 0. The van der Waals surface area contributed by atoms with Crippen molar-refractivity contribution in [1.82, 2.24) is 9.55 Å². The first-order valence-corrected chi connectivity index (χ1v) is 8.85. The molecule has 0 unspecified atom stereocenters. The van der Waals surface area contributed by atoms with Crippen molar-refractivity contribution >= 4 is 24.0 Å². The van der Waals surface area contributed by atoms with Gasteiger partial charge in [0, 0.05) is 28.6 Å². The third kappa shape index (κ3) is 3.27. The van der Waals surface area contributed by atoms with E-state index in [0.29, 0.717) is 4.75 Å². The maximum atomic E-state index is 5.51. The van der Waals surface area contributed by atoms with Crippen molar-refractivity contribution in [3.63, 3.8) is 0 Å². The Labute approximate surface area is 126 Å². The van der Waals surface area contributed by atoms with E-state index in [1.165, 1.54) is 37.8 Å². The number of hydrogen-bond donors (Lipinski definition) is 1. The zero-order valence-electron chi connectivity index (χ0n) is 12.6. The summed E-state index contributed by atoms with van der Waals surface area (Å²) in [5.41, 5.74) is 1.47. The molecule has 0 aromatic carbocycles. The van der Waals surface area contributed by atoms with E-state index in [0.717, 1.165) is 11.3 Å². The van der Waals surface area contributed by atoms with Gasteiger partial charge in [-0.15, -0.1) is 0 Å². The summed E-state index contributed by atoms with van der Waals surface area (Å²) in [6, 6.07) is 0. The number of aromatic nitrogens is 2. The Morgan fingerprint density at radius 2 is 1.95 bits per heavy atom. The number of rotatable bonds is 3. The van der Waals surface area contributed by atoms with E-state index in [-0.39, 0.29) is 5.41 Å². The molecule has 0 atom stereocenters. The average Bonchev–Trinajstić information content (AvgIpc) is 2.72. The molecule has 1 aliphatic rings. The Morgan fingerprint density at radius 1 is 1.32 bits per heavy atom. The zero-order valence-corrected chi connectivity index (χ0v) is 14.2. The first-order valence-electron chi connectivity index (χ1n) is 7.22. The predicted molar refractivity (Wildman–Crippen MR) is 87.6 cm³/mol. The molecule has 1 saturated carbocycles. The normalized spacial score (nSPS) is 19.6. The summed E-state index contributed by atoms with van der Waals surface area (Å²) in [4.78, 5) is 3.24. The van der Waals surface area contributed by atoms with E-state index in [9.17, 15) is 0 Å². The van der Waals surface area contributed by atoms with Crippen molar-refractivity contribution in [1.29, 1.82) is 0 Å². The van der Waals surface area contributed by atoms with Crippen LogP contribution in [0.2, 0.25) is 0 Å². The van der Waals surface area contributed by atoms with Crippen LogP contribution < -0.4 is 0 Å². The van der Waals surface area contributed by atoms with Gasteiger partial charge in [-0.3, -0.25) is 0 Å². The van der Waals surface area contributed by atoms with E-state index < -0.39 is 0 Å². The van der Waals surface area contributed by atoms with Gasteiger partial charge in [0.1, 0.15) is 0 Å². The second-order valence-corrected chi connectivity index (χ2v) is 8.42. The highest BCUT2D eigenvalue weighted by atomic mass is 32.2. The molecule has 0 saturated heterocycles. The Kier molecular flexibility index (Phi) is 4.51. The zero-order chi connectivity index (χ0) is 14.1. The number of hydrogen-bond acceptors (Lipinski definition) is 2. The van der Waals surface area contributed by atoms with Crippen molar-refractivity contribution in [2.45, 2.75) is 69.6 Å². The molecule has 0 amide bonds. The summed E-state index contributed by atoms with van der Waals surface area (Å²) in [6.45, 7) is 7.83. The van der Waals surface area contributed by atoms with Crippen LogP contribution in [-0.2, 0) is 12.0 Å². The van der Waals surface area contributed by atoms with Crippen LogP contribution in [-0.4, -0.2) is 20.6 Å². The van der Waals surface area contributed by atoms with Crippen LogP contribution in [0, 0.1) is 4.77 Å². The maximum Gasteiger partial charge on any atom is 0.177 e. The number of imidazole rings is 1. The first-order chi connectivity index (χ1) is 8.88. The molecule has 4 heteroatoms. The molecule has 1 aromatic rings. The van der Waals surface area contributed by atoms with Gasteiger partial charge < -0.3 is 9.55 Å². The third-order valence-electron chi connectivity index (χ3n) is 4.28. The number of H-pyrrole nitrogens is 1. The SMILES string of the molecule is CSC1(Cn2c(C(C)(C)C)c[nH]c2=S)CCCCC1. The average molecular weight is 299 g/mol. The highest BCUT2D eigenvalue weighted by Crippen LogP contribution is 2.40. The topological polar surface area (TPSA) is 20.7 Å². The molecular formula is C15H26N2S2. The Bertz CT molecular complexity index is 473. The predicted octanol–water partition coefficient (Wildman–Crippen LogP) is 4.91. The molecule has 2 nitrogen and oxygen atoms in total. The van der Waals surface area contributed by atoms with Gasteiger partial charge in [-0.05, 0) is 31.3 Å². The molecule has 108 valence electrons. The number of nitrogens with one attached hydrogen (secondary N) is 1. The highest BCUT2D eigenvalue weighted by Gasteiger charge is 2.33. The second kappa shape index (κ2) is 5.65. The largest absolute Gasteiger partial charge is 0.337 e. The van der Waals surface area contributed by atoms with Crippen LogP contribution in [0.25, 0.3) is 0 Å². The second-order valence-electron chi connectivity index (χ2n) is 6.76. The standard InChI is InChI=1S/C15H26N2S2/c1-14(2,3)12-10-16-13(18)17(12)11-15(19-4)8-6-5-7-9-15/h10H,5-9,11H2,1-4H3,(H,16,18). The van der Waals surface area contributed by atoms with Gasteiger partial charge in [-0.1, -0.05) is 40.0 Å². The molecule has 1 aliphatic carbocycles. The fourth-order valence-electron chi connectivity index (χ4n) is 3.08. The van der Waals surface area contributed by atoms with Crippen LogP contribution in [0.1, 0.15) is 58.6 Å². The minimum Gasteiger partial charge on any atom is -0.337 e. The lowest BCUT2D eigenvalue weighted by molar-refractivity contribution is 0.347. The summed E-state index contributed by atoms with van der Waals surface area (Å²) < 4.78 is 3.61. The molecule has 19 heavy (non-hydrogen) atoms. The van der Waals surface area contributed by atoms with Gasteiger partial charge in [-0.25, -0.2) is 0 Å². The quantitative estimate of drug-likeness (QED) is 0.800. The van der Waals surface area contributed by atoms with E-state index >= 15 is 0 Å². The van der Waals surface area contributed by atoms with Crippen molar-refractivity contribution in [2.24, 2.45) is 0 Å². The molecule has 1 heterocycles.